The molecule has 1 saturated carbocycles. The van der Waals surface area contributed by atoms with E-state index in [-0.39, 0.29) is 11.3 Å². The molecule has 3 N–H and O–H groups in total. The highest BCUT2D eigenvalue weighted by Gasteiger charge is 2.52. The molecule has 0 bridgehead atoms. The van der Waals surface area contributed by atoms with Crippen molar-refractivity contribution in [2.75, 3.05) is 6.54 Å². The van der Waals surface area contributed by atoms with Crippen molar-refractivity contribution in [3.63, 3.8) is 0 Å². The summed E-state index contributed by atoms with van der Waals surface area (Å²) in [4.78, 5) is 0. The molecule has 0 heterocycles. The number of hydrogen-bond donors (Lipinski definition) is 2. The Balaban J connectivity index is 1.93. The fraction of sp³-hybridized carbons (Fsp3) is 0.368. The van der Waals surface area contributed by atoms with Crippen LogP contribution in [0.2, 0.25) is 0 Å². The highest BCUT2D eigenvalue weighted by atomic mass is 16.3. The van der Waals surface area contributed by atoms with Crippen molar-refractivity contribution in [1.29, 1.82) is 0 Å². The zero-order valence-electron chi connectivity index (χ0n) is 12.5. The van der Waals surface area contributed by atoms with E-state index in [1.165, 1.54) is 16.7 Å². The first-order valence-electron chi connectivity index (χ1n) is 7.68. The lowest BCUT2D eigenvalue weighted by molar-refractivity contribution is 0.104. The van der Waals surface area contributed by atoms with Crippen LogP contribution in [0, 0.1) is 6.92 Å². The molecule has 1 aliphatic carbocycles. The summed E-state index contributed by atoms with van der Waals surface area (Å²) >= 11 is 0. The number of aliphatic hydroxyl groups excluding tert-OH is 1. The monoisotopic (exact) mass is 281 g/mol. The molecule has 110 valence electrons. The quantitative estimate of drug-likeness (QED) is 0.884. The van der Waals surface area contributed by atoms with Gasteiger partial charge in [-0.15, -0.1) is 0 Å². The minimum Gasteiger partial charge on any atom is -0.392 e. The van der Waals surface area contributed by atoms with E-state index in [2.05, 4.69) is 31.2 Å². The van der Waals surface area contributed by atoms with E-state index in [1.807, 2.05) is 30.3 Å². The lowest BCUT2D eigenvalue weighted by atomic mass is 9.78. The van der Waals surface area contributed by atoms with E-state index < -0.39 is 6.10 Å². The van der Waals surface area contributed by atoms with E-state index in [0.29, 0.717) is 6.54 Å². The highest BCUT2D eigenvalue weighted by molar-refractivity contribution is 5.38. The molecule has 2 nitrogen and oxygen atoms in total. The molecule has 3 rings (SSSR count). The molecule has 2 aromatic rings. The third-order valence-electron chi connectivity index (χ3n) is 4.93. The van der Waals surface area contributed by atoms with Crippen LogP contribution in [0.5, 0.6) is 0 Å². The topological polar surface area (TPSA) is 46.2 Å². The van der Waals surface area contributed by atoms with Crippen LogP contribution in [-0.2, 0) is 5.41 Å². The second-order valence-electron chi connectivity index (χ2n) is 6.17. The predicted molar refractivity (Wildman–Crippen MR) is 86.3 cm³/mol. The third kappa shape index (κ3) is 2.50. The van der Waals surface area contributed by atoms with Crippen molar-refractivity contribution in [2.45, 2.75) is 37.2 Å². The van der Waals surface area contributed by atoms with Gasteiger partial charge in [-0.2, -0.15) is 0 Å². The van der Waals surface area contributed by atoms with Crippen molar-refractivity contribution < 1.29 is 5.11 Å². The molecule has 0 aromatic heterocycles. The van der Waals surface area contributed by atoms with Gasteiger partial charge in [-0.05, 0) is 36.5 Å². The van der Waals surface area contributed by atoms with Crippen LogP contribution in [0.3, 0.4) is 0 Å². The Bertz CT molecular complexity index is 604. The number of hydrogen-bond acceptors (Lipinski definition) is 2. The Morgan fingerprint density at radius 1 is 1.05 bits per heavy atom. The van der Waals surface area contributed by atoms with Crippen LogP contribution < -0.4 is 5.73 Å². The van der Waals surface area contributed by atoms with Crippen molar-refractivity contribution in [1.82, 2.24) is 0 Å². The van der Waals surface area contributed by atoms with Gasteiger partial charge in [0.1, 0.15) is 0 Å². The van der Waals surface area contributed by atoms with Gasteiger partial charge >= 0.3 is 0 Å². The standard InChI is InChI=1S/C19H23NO/c1-14-7-5-6-10-16(14)17(13-20)18(21)19(11-12-19)15-8-3-2-4-9-15/h2-10,17-18,21H,11-13,20H2,1H3. The Hall–Kier alpha value is -1.64. The largest absolute Gasteiger partial charge is 0.392 e. The molecule has 0 saturated heterocycles. The normalized spacial score (nSPS) is 19.0. The van der Waals surface area contributed by atoms with Crippen LogP contribution >= 0.6 is 0 Å². The average Bonchev–Trinajstić information content (AvgIpc) is 3.32. The minimum absolute atomic E-state index is 0.00564. The summed E-state index contributed by atoms with van der Waals surface area (Å²) in [7, 11) is 0. The molecule has 0 amide bonds. The van der Waals surface area contributed by atoms with E-state index in [1.54, 1.807) is 0 Å². The molecule has 0 aliphatic heterocycles. The van der Waals surface area contributed by atoms with Gasteiger partial charge in [0.15, 0.2) is 0 Å². The zero-order valence-corrected chi connectivity index (χ0v) is 12.5. The van der Waals surface area contributed by atoms with E-state index >= 15 is 0 Å². The van der Waals surface area contributed by atoms with Gasteiger partial charge in [0.25, 0.3) is 0 Å². The fourth-order valence-electron chi connectivity index (χ4n) is 3.47. The summed E-state index contributed by atoms with van der Waals surface area (Å²) in [6, 6.07) is 18.6. The summed E-state index contributed by atoms with van der Waals surface area (Å²) in [6.45, 7) is 2.56. The van der Waals surface area contributed by atoms with Gasteiger partial charge in [-0.25, -0.2) is 0 Å². The first-order valence-corrected chi connectivity index (χ1v) is 7.68. The maximum absolute atomic E-state index is 11.1. The molecule has 1 aliphatic rings. The van der Waals surface area contributed by atoms with E-state index in [4.69, 9.17) is 5.73 Å². The second-order valence-corrected chi connectivity index (χ2v) is 6.17. The van der Waals surface area contributed by atoms with Gasteiger partial charge in [0.2, 0.25) is 0 Å². The van der Waals surface area contributed by atoms with Crippen molar-refractivity contribution >= 4 is 0 Å². The SMILES string of the molecule is Cc1ccccc1C(CN)C(O)C1(c2ccccc2)CC1. The smallest absolute Gasteiger partial charge is 0.0717 e. The zero-order chi connectivity index (χ0) is 14.9. The Kier molecular flexibility index (Phi) is 3.83. The Labute approximate surface area is 126 Å². The Morgan fingerprint density at radius 2 is 1.67 bits per heavy atom. The summed E-state index contributed by atoms with van der Waals surface area (Å²) in [5.41, 5.74) is 9.53. The first kappa shape index (κ1) is 14.3. The van der Waals surface area contributed by atoms with Gasteiger partial charge in [-0.3, -0.25) is 0 Å². The lowest BCUT2D eigenvalue weighted by Crippen LogP contribution is -2.36. The number of aryl methyl sites for hydroxylation is 1. The molecule has 2 unspecified atom stereocenters. The molecule has 21 heavy (non-hydrogen) atoms. The number of benzene rings is 2. The average molecular weight is 281 g/mol. The maximum Gasteiger partial charge on any atom is 0.0717 e. The molecule has 2 atom stereocenters. The summed E-state index contributed by atoms with van der Waals surface area (Å²) in [5.74, 6) is -0.00564. The van der Waals surface area contributed by atoms with Gasteiger partial charge < -0.3 is 10.8 Å². The Morgan fingerprint density at radius 3 is 2.24 bits per heavy atom. The fourth-order valence-corrected chi connectivity index (χ4v) is 3.47. The van der Waals surface area contributed by atoms with Gasteiger partial charge in [-0.1, -0.05) is 54.6 Å². The second kappa shape index (κ2) is 5.63. The van der Waals surface area contributed by atoms with E-state index in [9.17, 15) is 5.11 Å². The predicted octanol–water partition coefficient (Wildman–Crippen LogP) is 3.13. The number of nitrogens with two attached hydrogens (primary N) is 1. The van der Waals surface area contributed by atoms with Crippen LogP contribution in [0.1, 0.15) is 35.4 Å². The van der Waals surface area contributed by atoms with Gasteiger partial charge in [0.05, 0.1) is 6.10 Å². The molecule has 2 heteroatoms. The minimum atomic E-state index is -0.425. The van der Waals surface area contributed by atoms with Crippen LogP contribution in [0.15, 0.2) is 54.6 Å². The molecular formula is C19H23NO. The van der Waals surface area contributed by atoms with Crippen molar-refractivity contribution in [3.8, 4) is 0 Å². The first-order chi connectivity index (χ1) is 10.2. The number of aliphatic hydroxyl groups is 1. The highest BCUT2D eigenvalue weighted by Crippen LogP contribution is 2.54. The maximum atomic E-state index is 11.1. The molecule has 0 radical (unpaired) electrons. The van der Waals surface area contributed by atoms with Crippen molar-refractivity contribution in [3.05, 3.63) is 71.3 Å². The molecule has 0 spiro atoms. The van der Waals surface area contributed by atoms with Crippen molar-refractivity contribution in [2.24, 2.45) is 5.73 Å². The third-order valence-corrected chi connectivity index (χ3v) is 4.93. The molecular weight excluding hydrogens is 258 g/mol. The van der Waals surface area contributed by atoms with Crippen LogP contribution in [-0.4, -0.2) is 17.8 Å². The van der Waals surface area contributed by atoms with Crippen LogP contribution in [0.4, 0.5) is 0 Å². The molecule has 1 fully saturated rings. The van der Waals surface area contributed by atoms with E-state index in [0.717, 1.165) is 12.8 Å². The summed E-state index contributed by atoms with van der Waals surface area (Å²) in [6.07, 6.45) is 1.66. The van der Waals surface area contributed by atoms with Crippen LogP contribution in [0.25, 0.3) is 0 Å². The number of rotatable bonds is 5. The molecule has 2 aromatic carbocycles. The summed E-state index contributed by atoms with van der Waals surface area (Å²) in [5, 5.41) is 11.1. The lowest BCUT2D eigenvalue weighted by Gasteiger charge is -2.31. The van der Waals surface area contributed by atoms with Gasteiger partial charge in [0, 0.05) is 17.9 Å². The summed E-state index contributed by atoms with van der Waals surface area (Å²) < 4.78 is 0.